The molecule has 0 aromatic heterocycles. The summed E-state index contributed by atoms with van der Waals surface area (Å²) in [4.78, 5) is 28.0. The molecular weight excluding hydrogens is 537 g/mol. The van der Waals surface area contributed by atoms with Gasteiger partial charge in [-0.15, -0.1) is 0 Å². The maximum atomic E-state index is 13.6. The molecule has 11 heteroatoms. The van der Waals surface area contributed by atoms with Crippen LogP contribution in [0.3, 0.4) is 0 Å². The molecule has 4 atom stereocenters. The summed E-state index contributed by atoms with van der Waals surface area (Å²) in [7, 11) is -1.78. The number of amides is 2. The fourth-order valence-electron chi connectivity index (χ4n) is 5.87. The average Bonchev–Trinajstić information content (AvgIpc) is 3.19. The number of rotatable bonds is 10. The molecule has 2 amide bonds. The lowest BCUT2D eigenvalue weighted by Crippen LogP contribution is -2.39. The topological polar surface area (TPSA) is 159 Å². The largest absolute Gasteiger partial charge is 0.508 e. The van der Waals surface area contributed by atoms with Crippen molar-refractivity contribution in [3.63, 3.8) is 0 Å². The van der Waals surface area contributed by atoms with Crippen LogP contribution in [0.2, 0.25) is 5.02 Å². The van der Waals surface area contributed by atoms with Gasteiger partial charge in [0.05, 0.1) is 41.9 Å². The molecule has 1 fully saturated rings. The number of carbonyl (C=O) groups excluding carboxylic acids is 2. The van der Waals surface area contributed by atoms with E-state index in [1.54, 1.807) is 6.07 Å². The molecule has 212 valence electrons. The van der Waals surface area contributed by atoms with Crippen LogP contribution in [-0.4, -0.2) is 68.7 Å². The Hall–Kier alpha value is -2.99. The van der Waals surface area contributed by atoms with E-state index in [1.165, 1.54) is 36.4 Å². The lowest BCUT2D eigenvalue weighted by molar-refractivity contribution is -0.123. The number of benzene rings is 2. The molecule has 1 aliphatic heterocycles. The summed E-state index contributed by atoms with van der Waals surface area (Å²) in [5.41, 5.74) is 2.82. The van der Waals surface area contributed by atoms with Gasteiger partial charge in [-0.25, -0.2) is 0 Å². The smallest absolute Gasteiger partial charge is 0.488 e. The van der Waals surface area contributed by atoms with Crippen molar-refractivity contribution in [3.05, 3.63) is 69.8 Å². The second-order valence-electron chi connectivity index (χ2n) is 10.2. The number of aliphatic hydroxyl groups excluding tert-OH is 3. The van der Waals surface area contributed by atoms with E-state index < -0.39 is 56.0 Å². The van der Waals surface area contributed by atoms with Crippen LogP contribution in [0, 0.1) is 17.8 Å². The first kappa shape index (κ1) is 30.0. The van der Waals surface area contributed by atoms with Gasteiger partial charge in [-0.2, -0.15) is 0 Å². The molecule has 4 rings (SSSR count). The standard InChI is InChI=1S/C29H33BClNO8/c1-2-16(10-17-7-8-21(35)13-24(17)31)6-9-25(36)26-18(14-33)11-22-27(23(26)15-34)29(38)32(28(22)37)20-5-3-4-19(12-20)30(39)40/h3-5,7-8,10,12-13,22-23,25,27,33-36,39-40H,2,6,9,11,14-15H2,1H3/b16-10+/t22-,23+,25-,27-/m1/s1. The zero-order chi connectivity index (χ0) is 29.1. The van der Waals surface area contributed by atoms with Crippen molar-refractivity contribution in [1.82, 2.24) is 0 Å². The van der Waals surface area contributed by atoms with E-state index in [-0.39, 0.29) is 29.7 Å². The van der Waals surface area contributed by atoms with Crippen LogP contribution >= 0.6 is 11.6 Å². The second-order valence-corrected chi connectivity index (χ2v) is 10.6. The Morgan fingerprint density at radius 1 is 1.15 bits per heavy atom. The Bertz CT molecular complexity index is 1340. The maximum absolute atomic E-state index is 13.6. The van der Waals surface area contributed by atoms with Gasteiger partial charge in [0.2, 0.25) is 11.8 Å². The highest BCUT2D eigenvalue weighted by atomic mass is 35.5. The molecule has 6 N–H and O–H groups in total. The number of phenolic OH excluding ortho intramolecular Hbond substituents is 1. The number of hydrogen-bond acceptors (Lipinski definition) is 8. The van der Waals surface area contributed by atoms with Crippen molar-refractivity contribution >= 4 is 47.8 Å². The summed E-state index contributed by atoms with van der Waals surface area (Å²) in [5.74, 6) is -3.62. The van der Waals surface area contributed by atoms with Gasteiger partial charge in [-0.3, -0.25) is 14.5 Å². The summed E-state index contributed by atoms with van der Waals surface area (Å²) in [6.07, 6.45) is 2.28. The normalized spacial score (nSPS) is 22.1. The third-order valence-corrected chi connectivity index (χ3v) is 8.22. The van der Waals surface area contributed by atoms with E-state index in [1.807, 2.05) is 13.0 Å². The molecule has 40 heavy (non-hydrogen) atoms. The highest BCUT2D eigenvalue weighted by Gasteiger charge is 2.55. The molecule has 2 aromatic rings. The van der Waals surface area contributed by atoms with Crippen LogP contribution < -0.4 is 10.4 Å². The van der Waals surface area contributed by atoms with E-state index in [0.29, 0.717) is 29.0 Å². The number of allylic oxidation sites excluding steroid dienone is 1. The van der Waals surface area contributed by atoms with Crippen molar-refractivity contribution in [2.24, 2.45) is 17.8 Å². The summed E-state index contributed by atoms with van der Waals surface area (Å²) in [5, 5.41) is 61.0. The Morgan fingerprint density at radius 3 is 2.52 bits per heavy atom. The molecule has 0 unspecified atom stereocenters. The minimum absolute atomic E-state index is 0.0574. The second kappa shape index (κ2) is 12.7. The SMILES string of the molecule is CC/C(=C\c1ccc(O)cc1Cl)CC[C@@H](O)C1=C(CO)C[C@H]2C(=O)N(c3cccc(B(O)O)c3)C(=O)[C@H]2[C@H]1CO. The first-order chi connectivity index (χ1) is 19.1. The van der Waals surface area contributed by atoms with E-state index in [2.05, 4.69) is 0 Å². The van der Waals surface area contributed by atoms with Gasteiger partial charge in [0, 0.05) is 5.92 Å². The number of phenols is 1. The predicted octanol–water partition coefficient (Wildman–Crippen LogP) is 1.77. The molecule has 2 aliphatic rings. The van der Waals surface area contributed by atoms with E-state index in [0.717, 1.165) is 16.0 Å². The average molecular weight is 570 g/mol. The van der Waals surface area contributed by atoms with Crippen LogP contribution in [0.1, 0.15) is 38.2 Å². The fourth-order valence-corrected chi connectivity index (χ4v) is 6.10. The number of halogens is 1. The zero-order valence-corrected chi connectivity index (χ0v) is 22.8. The quantitative estimate of drug-likeness (QED) is 0.143. The number of carbonyl (C=O) groups is 2. The highest BCUT2D eigenvalue weighted by Crippen LogP contribution is 2.47. The summed E-state index contributed by atoms with van der Waals surface area (Å²) in [6.45, 7) is 1.03. The van der Waals surface area contributed by atoms with Crippen LogP contribution in [0.25, 0.3) is 6.08 Å². The van der Waals surface area contributed by atoms with Crippen molar-refractivity contribution in [2.45, 2.75) is 38.7 Å². The van der Waals surface area contributed by atoms with E-state index >= 15 is 0 Å². The fraction of sp³-hybridized carbons (Fsp3) is 0.379. The molecule has 0 saturated carbocycles. The number of aliphatic hydroxyl groups is 3. The van der Waals surface area contributed by atoms with Crippen LogP contribution in [-0.2, 0) is 9.59 Å². The lowest BCUT2D eigenvalue weighted by Gasteiger charge is -2.36. The van der Waals surface area contributed by atoms with Gasteiger partial charge in [-0.1, -0.05) is 42.3 Å². The van der Waals surface area contributed by atoms with Gasteiger partial charge < -0.3 is 30.5 Å². The van der Waals surface area contributed by atoms with E-state index in [4.69, 9.17) is 11.6 Å². The highest BCUT2D eigenvalue weighted by molar-refractivity contribution is 6.58. The molecule has 2 aromatic carbocycles. The summed E-state index contributed by atoms with van der Waals surface area (Å²) >= 11 is 6.24. The first-order valence-electron chi connectivity index (χ1n) is 13.2. The number of hydrogen-bond donors (Lipinski definition) is 6. The van der Waals surface area contributed by atoms with Gasteiger partial charge in [-0.05, 0) is 78.2 Å². The van der Waals surface area contributed by atoms with Crippen molar-refractivity contribution < 1.29 is 40.1 Å². The number of aromatic hydroxyl groups is 1. The third-order valence-electron chi connectivity index (χ3n) is 7.89. The molecule has 0 radical (unpaired) electrons. The Balaban J connectivity index is 1.59. The number of fused-ring (bicyclic) bond motifs is 1. The molecule has 1 saturated heterocycles. The van der Waals surface area contributed by atoms with Gasteiger partial charge in [0.15, 0.2) is 0 Å². The third kappa shape index (κ3) is 5.88. The molecule has 0 spiro atoms. The number of anilines is 1. The summed E-state index contributed by atoms with van der Waals surface area (Å²) in [6, 6.07) is 10.5. The Labute approximate surface area is 237 Å². The van der Waals surface area contributed by atoms with Gasteiger partial charge >= 0.3 is 7.12 Å². The van der Waals surface area contributed by atoms with Crippen molar-refractivity contribution in [2.75, 3.05) is 18.1 Å². The zero-order valence-electron chi connectivity index (χ0n) is 22.1. The lowest BCUT2D eigenvalue weighted by atomic mass is 9.68. The Morgan fingerprint density at radius 2 is 1.90 bits per heavy atom. The van der Waals surface area contributed by atoms with Crippen LogP contribution in [0.5, 0.6) is 5.75 Å². The van der Waals surface area contributed by atoms with E-state index in [9.17, 15) is 40.1 Å². The monoisotopic (exact) mass is 569 g/mol. The van der Waals surface area contributed by atoms with Crippen molar-refractivity contribution in [3.8, 4) is 5.75 Å². The van der Waals surface area contributed by atoms with Crippen molar-refractivity contribution in [1.29, 1.82) is 0 Å². The Kier molecular flexibility index (Phi) is 9.50. The number of imide groups is 1. The van der Waals surface area contributed by atoms with Crippen LogP contribution in [0.4, 0.5) is 5.69 Å². The van der Waals surface area contributed by atoms with Gasteiger partial charge in [0.1, 0.15) is 5.75 Å². The minimum atomic E-state index is -1.78. The number of nitrogens with zero attached hydrogens (tertiary/aromatic N) is 1. The first-order valence-corrected chi connectivity index (χ1v) is 13.6. The summed E-state index contributed by atoms with van der Waals surface area (Å²) < 4.78 is 0. The maximum Gasteiger partial charge on any atom is 0.488 e. The van der Waals surface area contributed by atoms with Crippen LogP contribution in [0.15, 0.2) is 59.2 Å². The molecule has 0 bridgehead atoms. The molecule has 1 heterocycles. The predicted molar refractivity (Wildman–Crippen MR) is 152 cm³/mol. The minimum Gasteiger partial charge on any atom is -0.508 e. The molecule has 1 aliphatic carbocycles. The molecular formula is C29H33BClNO8. The molecule has 9 nitrogen and oxygen atoms in total. The van der Waals surface area contributed by atoms with Gasteiger partial charge in [0.25, 0.3) is 0 Å².